The van der Waals surface area contributed by atoms with Crippen LogP contribution in [0.4, 0.5) is 39.5 Å². The highest BCUT2D eigenvalue weighted by Crippen LogP contribution is 2.38. The number of halogens is 11. The lowest BCUT2D eigenvalue weighted by molar-refractivity contribution is -0.887. The number of aromatic nitrogens is 1. The van der Waals surface area contributed by atoms with Gasteiger partial charge in [-0.2, -0.15) is 44.2 Å². The van der Waals surface area contributed by atoms with Crippen LogP contribution in [0.25, 0.3) is 10.9 Å². The van der Waals surface area contributed by atoms with Crippen molar-refractivity contribution in [2.24, 2.45) is 5.73 Å². The fourth-order valence-electron chi connectivity index (χ4n) is 7.36. The number of sulfonamides is 1. The number of pyridine rings is 1. The van der Waals surface area contributed by atoms with Crippen LogP contribution in [0.3, 0.4) is 0 Å². The number of unbranched alkanes of at least 4 members (excludes halogenated alkanes) is 1. The summed E-state index contributed by atoms with van der Waals surface area (Å²) in [5.41, 5.74) is 7.29. The maximum Gasteiger partial charge on any atom is 0.490 e. The number of benzene rings is 2. The monoisotopic (exact) mass is 1100 g/mol. The number of nitrogens with zero attached hydrogens (tertiary/aromatic N) is 4. The number of piperazine rings is 1. The third-order valence-electron chi connectivity index (χ3n) is 10.9. The third kappa shape index (κ3) is 18.1. The molecule has 1 atom stereocenters. The number of carbonyl (C=O) groups is 5. The van der Waals surface area contributed by atoms with E-state index in [0.29, 0.717) is 79.7 Å². The predicted octanol–water partition coefficient (Wildman–Crippen LogP) is 7.10. The molecule has 72 heavy (non-hydrogen) atoms. The summed E-state index contributed by atoms with van der Waals surface area (Å²) >= 11 is 13.4. The second-order valence-electron chi connectivity index (χ2n) is 17.2. The normalized spacial score (nSPS) is 15.5. The van der Waals surface area contributed by atoms with Crippen molar-refractivity contribution in [1.82, 2.24) is 19.5 Å². The Morgan fingerprint density at radius 1 is 0.819 bits per heavy atom. The molecule has 2 amide bonds. The molecular formula is C43H54Cl2F9N6O11S+. The Labute approximate surface area is 417 Å². The SMILES string of the molecule is Cc1cc(C)c2cccc(OCc3c(Cl)ccc(S(=O)(=O)NC4(C(=O)N5CCN(C(=O)[C@H](CCCCN)[N+](C)(C)C)CC5)CCCC4)c3Cl)c2n1.O=C(O)C(F)(F)F.O=C(O)C(F)(F)F.O=C(O)C(F)(F)F. The predicted molar refractivity (Wildman–Crippen MR) is 242 cm³/mol. The highest BCUT2D eigenvalue weighted by Gasteiger charge is 2.48. The molecule has 0 unspecified atom stereocenters. The molecule has 29 heteroatoms. The molecule has 0 radical (unpaired) electrons. The van der Waals surface area contributed by atoms with E-state index in [1.54, 1.807) is 11.0 Å². The van der Waals surface area contributed by atoms with Gasteiger partial charge in [0.15, 0.2) is 6.04 Å². The molecule has 2 aliphatic rings. The molecule has 2 heterocycles. The minimum Gasteiger partial charge on any atom is -0.487 e. The number of hydrogen-bond donors (Lipinski definition) is 5. The molecule has 2 aromatic carbocycles. The van der Waals surface area contributed by atoms with Gasteiger partial charge in [0.2, 0.25) is 15.9 Å². The summed E-state index contributed by atoms with van der Waals surface area (Å²) in [6.07, 6.45) is -10.6. The summed E-state index contributed by atoms with van der Waals surface area (Å²) in [6, 6.07) is 10.3. The van der Waals surface area contributed by atoms with Crippen LogP contribution >= 0.6 is 23.2 Å². The first-order valence-corrected chi connectivity index (χ1v) is 23.7. The number of likely N-dealkylation sites (N-methyl/N-ethyl adjacent to an activating group) is 1. The largest absolute Gasteiger partial charge is 0.490 e. The first-order chi connectivity index (χ1) is 32.9. The van der Waals surface area contributed by atoms with Gasteiger partial charge >= 0.3 is 36.4 Å². The molecule has 1 saturated heterocycles. The number of quaternary nitrogens is 1. The molecule has 404 valence electrons. The van der Waals surface area contributed by atoms with Gasteiger partial charge in [-0.15, -0.1) is 0 Å². The zero-order chi connectivity index (χ0) is 55.4. The molecule has 1 aliphatic heterocycles. The number of aryl methyl sites for hydroxylation is 2. The van der Waals surface area contributed by atoms with Gasteiger partial charge in [0.25, 0.3) is 5.91 Å². The molecule has 1 aromatic heterocycles. The van der Waals surface area contributed by atoms with Crippen molar-refractivity contribution >= 4 is 73.9 Å². The Morgan fingerprint density at radius 2 is 1.31 bits per heavy atom. The van der Waals surface area contributed by atoms with E-state index in [4.69, 9.17) is 63.4 Å². The average Bonchev–Trinajstić information content (AvgIpc) is 3.72. The number of para-hydroxylation sites is 1. The van der Waals surface area contributed by atoms with Crippen molar-refractivity contribution in [3.05, 3.63) is 63.3 Å². The van der Waals surface area contributed by atoms with E-state index < -0.39 is 52.0 Å². The average molecular weight is 1100 g/mol. The number of rotatable bonds is 13. The number of carboxylic acids is 3. The van der Waals surface area contributed by atoms with E-state index in [1.165, 1.54) is 12.1 Å². The third-order valence-corrected chi connectivity index (χ3v) is 13.4. The van der Waals surface area contributed by atoms with Crippen LogP contribution in [-0.4, -0.2) is 157 Å². The summed E-state index contributed by atoms with van der Waals surface area (Å²) in [5, 5.41) is 22.5. The van der Waals surface area contributed by atoms with Gasteiger partial charge in [-0.25, -0.2) is 27.8 Å². The van der Waals surface area contributed by atoms with E-state index in [1.807, 2.05) is 58.1 Å². The number of carbonyl (C=O) groups excluding carboxylic acids is 2. The molecule has 0 spiro atoms. The number of carboxylic acid groups (broad SMARTS) is 3. The van der Waals surface area contributed by atoms with Gasteiger partial charge < -0.3 is 40.1 Å². The molecule has 2 fully saturated rings. The molecule has 0 bridgehead atoms. The van der Waals surface area contributed by atoms with Gasteiger partial charge in [0.1, 0.15) is 28.3 Å². The maximum absolute atomic E-state index is 14.2. The summed E-state index contributed by atoms with van der Waals surface area (Å²) < 4.78 is 133. The van der Waals surface area contributed by atoms with Crippen molar-refractivity contribution < 1.29 is 96.4 Å². The minimum absolute atomic E-state index is 0.0680. The standard InChI is InChI=1S/C37H51Cl2N6O5S.3C2HF3O2/c1-25-23-26(2)41-34-27(25)11-10-13-31(34)50-24-28-29(38)14-15-32(33(28)39)51(48,49)42-37(16-7-8-17-37)36(47)44-21-19-43(20-22-44)35(46)30(45(3,4)5)12-6-9-18-40;3*3-2(4,5)1(6)7/h10-11,13-15,23,30,42H,6-9,12,16-22,24,40H2,1-5H3;3*(H,6,7)/q+1;;;/t30-;;;/m0.../s1. The lowest BCUT2D eigenvalue weighted by Crippen LogP contribution is -2.63. The number of alkyl halides is 9. The van der Waals surface area contributed by atoms with Crippen LogP contribution in [0.1, 0.15) is 61.8 Å². The fourth-order valence-corrected chi connectivity index (χ4v) is 9.66. The Bertz CT molecular complexity index is 2460. The topological polar surface area (TPSA) is 247 Å². The number of fused-ring (bicyclic) bond motifs is 1. The second-order valence-corrected chi connectivity index (χ2v) is 19.6. The molecule has 1 saturated carbocycles. The van der Waals surface area contributed by atoms with Crippen LogP contribution in [0, 0.1) is 13.8 Å². The van der Waals surface area contributed by atoms with Crippen LogP contribution in [-0.2, 0) is 40.6 Å². The molecule has 6 N–H and O–H groups in total. The molecule has 5 rings (SSSR count). The number of nitrogens with one attached hydrogen (secondary N) is 1. The van der Waals surface area contributed by atoms with E-state index in [9.17, 15) is 57.5 Å². The van der Waals surface area contributed by atoms with E-state index in [0.717, 1.165) is 35.9 Å². The Balaban J connectivity index is 0.000000705. The first kappa shape index (κ1) is 62.9. The summed E-state index contributed by atoms with van der Waals surface area (Å²) in [6.45, 7) is 5.84. The fraction of sp³-hybridized carbons (Fsp3) is 0.535. The minimum atomic E-state index is -5.08. The molecule has 17 nitrogen and oxygen atoms in total. The number of nitrogens with two attached hydrogens (primary N) is 1. The number of ether oxygens (including phenoxy) is 1. The van der Waals surface area contributed by atoms with Crippen molar-refractivity contribution in [2.45, 2.75) is 100 Å². The second kappa shape index (κ2) is 25.6. The summed E-state index contributed by atoms with van der Waals surface area (Å²) in [4.78, 5) is 62.5. The molecular weight excluding hydrogens is 1050 g/mol. The van der Waals surface area contributed by atoms with Crippen molar-refractivity contribution in [2.75, 3.05) is 53.9 Å². The van der Waals surface area contributed by atoms with Crippen molar-refractivity contribution in [1.29, 1.82) is 0 Å². The lowest BCUT2D eigenvalue weighted by atomic mass is 9.96. The van der Waals surface area contributed by atoms with Gasteiger partial charge in [0, 0.05) is 54.3 Å². The zero-order valence-electron chi connectivity index (χ0n) is 39.3. The first-order valence-electron chi connectivity index (χ1n) is 21.4. The van der Waals surface area contributed by atoms with Crippen molar-refractivity contribution in [3.8, 4) is 5.75 Å². The Hall–Kier alpha value is -5.22. The van der Waals surface area contributed by atoms with E-state index >= 15 is 0 Å². The van der Waals surface area contributed by atoms with E-state index in [2.05, 4.69) is 9.71 Å². The zero-order valence-corrected chi connectivity index (χ0v) is 41.6. The summed E-state index contributed by atoms with van der Waals surface area (Å²) in [5.74, 6) is -7.95. The van der Waals surface area contributed by atoms with E-state index in [-0.39, 0.29) is 39.4 Å². The quantitative estimate of drug-likeness (QED) is 0.0652. The number of hydrogen-bond acceptors (Lipinski definition) is 10. The maximum atomic E-state index is 14.2. The Morgan fingerprint density at radius 3 is 1.76 bits per heavy atom. The van der Waals surface area contributed by atoms with Crippen LogP contribution in [0.5, 0.6) is 5.75 Å². The van der Waals surface area contributed by atoms with Crippen LogP contribution in [0.2, 0.25) is 10.0 Å². The highest BCUT2D eigenvalue weighted by atomic mass is 35.5. The molecule has 3 aromatic rings. The van der Waals surface area contributed by atoms with Crippen LogP contribution in [0.15, 0.2) is 41.3 Å². The smallest absolute Gasteiger partial charge is 0.487 e. The van der Waals surface area contributed by atoms with Gasteiger partial charge in [-0.1, -0.05) is 48.2 Å². The van der Waals surface area contributed by atoms with Gasteiger partial charge in [0.05, 0.1) is 26.2 Å². The Kier molecular flexibility index (Phi) is 22.4. The highest BCUT2D eigenvalue weighted by molar-refractivity contribution is 7.89. The molecule has 1 aliphatic carbocycles. The van der Waals surface area contributed by atoms with Gasteiger partial charge in [-0.3, -0.25) is 9.59 Å². The number of amides is 2. The lowest BCUT2D eigenvalue weighted by Gasteiger charge is -2.42. The summed E-state index contributed by atoms with van der Waals surface area (Å²) in [7, 11) is 1.79. The van der Waals surface area contributed by atoms with Gasteiger partial charge in [-0.05, 0) is 75.9 Å². The van der Waals surface area contributed by atoms with Crippen molar-refractivity contribution in [3.63, 3.8) is 0 Å². The van der Waals surface area contributed by atoms with Crippen LogP contribution < -0.4 is 15.2 Å². The number of aliphatic carboxylic acids is 3.